The highest BCUT2D eigenvalue weighted by atomic mass is 35.5. The van der Waals surface area contributed by atoms with Crippen molar-refractivity contribution in [1.29, 1.82) is 0 Å². The molecule has 1 aliphatic heterocycles. The number of aliphatic hydroxyl groups excluding tert-OH is 1. The van der Waals surface area contributed by atoms with Crippen LogP contribution in [0.3, 0.4) is 0 Å². The number of phenolic OH excluding ortho intramolecular Hbond substituents is 1. The average Bonchev–Trinajstić information content (AvgIpc) is 2.61. The topological polar surface area (TPSA) is 112 Å². The number of halogens is 1. The van der Waals surface area contributed by atoms with Crippen molar-refractivity contribution in [3.8, 4) is 23.0 Å². The molecule has 26 heavy (non-hydrogen) atoms. The largest absolute Gasteiger partial charge is 0.508 e. The molecule has 0 spiro atoms. The molecule has 0 bridgehead atoms. The Balaban J connectivity index is 0.00000169. The van der Waals surface area contributed by atoms with Gasteiger partial charge in [0.15, 0.2) is 11.5 Å². The molecule has 1 aliphatic rings. The molecule has 0 amide bonds. The second kappa shape index (κ2) is 8.95. The van der Waals surface area contributed by atoms with E-state index >= 15 is 0 Å². The number of hydrogen-bond acceptors (Lipinski definition) is 6. The number of aromatic hydroxyl groups is 1. The van der Waals surface area contributed by atoms with Gasteiger partial charge in [-0.1, -0.05) is 6.07 Å². The second-order valence-corrected chi connectivity index (χ2v) is 5.63. The Morgan fingerprint density at radius 3 is 2.12 bits per heavy atom. The number of phenols is 1. The number of fused-ring (bicyclic) bond motifs is 1. The van der Waals surface area contributed by atoms with E-state index < -0.39 is 6.10 Å². The minimum atomic E-state index is -0.662. The predicted octanol–water partition coefficient (Wildman–Crippen LogP) is 1.74. The number of aliphatic hydroxyl groups is 1. The second-order valence-electron chi connectivity index (χ2n) is 5.63. The summed E-state index contributed by atoms with van der Waals surface area (Å²) < 4.78 is 16.2. The van der Waals surface area contributed by atoms with Gasteiger partial charge in [0, 0.05) is 6.54 Å². The summed E-state index contributed by atoms with van der Waals surface area (Å²) in [5.41, 5.74) is 2.54. The summed E-state index contributed by atoms with van der Waals surface area (Å²) in [6.07, 6.45) is -0.662. The van der Waals surface area contributed by atoms with E-state index in [4.69, 9.17) is 14.2 Å². The first-order chi connectivity index (χ1) is 11.6. The summed E-state index contributed by atoms with van der Waals surface area (Å²) in [6.45, 7) is 0.387. The third kappa shape index (κ3) is 3.81. The molecule has 3 rings (SSSR count). The van der Waals surface area contributed by atoms with Crippen molar-refractivity contribution in [2.75, 3.05) is 27.9 Å². The molecule has 2 atom stereocenters. The van der Waals surface area contributed by atoms with Crippen molar-refractivity contribution in [2.24, 2.45) is 0 Å². The van der Waals surface area contributed by atoms with Gasteiger partial charge in [-0.15, -0.1) is 12.4 Å². The van der Waals surface area contributed by atoms with Crippen LogP contribution in [0.25, 0.3) is 0 Å². The van der Waals surface area contributed by atoms with E-state index in [0.29, 0.717) is 29.4 Å². The maximum absolute atomic E-state index is 10.2. The van der Waals surface area contributed by atoms with Crippen LogP contribution in [0.1, 0.15) is 28.8 Å². The molecular formula is C18H24ClNO6. The Morgan fingerprint density at radius 1 is 0.962 bits per heavy atom. The fraction of sp³-hybridized carbons (Fsp3) is 0.333. The minimum Gasteiger partial charge on any atom is -0.508 e. The lowest BCUT2D eigenvalue weighted by molar-refractivity contribution is 0.160. The van der Waals surface area contributed by atoms with Crippen molar-refractivity contribution < 1.29 is 29.9 Å². The number of benzene rings is 2. The maximum atomic E-state index is 10.2. The summed E-state index contributed by atoms with van der Waals surface area (Å²) in [5.74, 6) is 1.81. The van der Waals surface area contributed by atoms with Crippen molar-refractivity contribution in [1.82, 2.24) is 5.32 Å². The van der Waals surface area contributed by atoms with E-state index in [1.165, 1.54) is 0 Å². The lowest BCUT2D eigenvalue weighted by Crippen LogP contribution is -2.33. The number of β-amino-alcohol motifs (C(OH)–C–C–N with tert-alkyl or cyclic N) is 1. The van der Waals surface area contributed by atoms with Gasteiger partial charge in [0.05, 0.1) is 33.5 Å². The molecule has 0 aliphatic carbocycles. The van der Waals surface area contributed by atoms with E-state index in [0.717, 1.165) is 11.1 Å². The number of ether oxygens (including phenoxy) is 3. The fourth-order valence-electron chi connectivity index (χ4n) is 3.13. The standard InChI is InChI=1S/C18H21NO5.ClH.H2O/c1-22-15-6-10(7-16(23-2)18(15)24-3)17-12-5-4-11(20)8-13(12)14(21)9-19-17;;/h4-8,14,17,19-21H,9H2,1-3H3;1H;1H2. The highest BCUT2D eigenvalue weighted by Crippen LogP contribution is 2.42. The smallest absolute Gasteiger partial charge is 0.203 e. The molecule has 5 N–H and O–H groups in total. The van der Waals surface area contributed by atoms with Gasteiger partial charge in [-0.3, -0.25) is 0 Å². The van der Waals surface area contributed by atoms with E-state index in [9.17, 15) is 10.2 Å². The zero-order chi connectivity index (χ0) is 17.3. The summed E-state index contributed by atoms with van der Waals surface area (Å²) in [5, 5.41) is 23.2. The van der Waals surface area contributed by atoms with Crippen LogP contribution in [0.4, 0.5) is 0 Å². The van der Waals surface area contributed by atoms with Crippen LogP contribution in [0.15, 0.2) is 30.3 Å². The van der Waals surface area contributed by atoms with Crippen molar-refractivity contribution >= 4 is 12.4 Å². The summed E-state index contributed by atoms with van der Waals surface area (Å²) in [6, 6.07) is 8.64. The molecule has 144 valence electrons. The van der Waals surface area contributed by atoms with Gasteiger partial charge in [-0.25, -0.2) is 0 Å². The fourth-order valence-corrected chi connectivity index (χ4v) is 3.13. The van der Waals surface area contributed by atoms with Crippen LogP contribution in [-0.4, -0.2) is 43.6 Å². The quantitative estimate of drug-likeness (QED) is 0.739. The zero-order valence-electron chi connectivity index (χ0n) is 14.8. The van der Waals surface area contributed by atoms with E-state index in [1.807, 2.05) is 18.2 Å². The lowest BCUT2D eigenvalue weighted by Gasteiger charge is -2.31. The third-order valence-corrected chi connectivity index (χ3v) is 4.28. The Kier molecular flexibility index (Phi) is 7.53. The Hall–Kier alpha value is -2.19. The SMILES string of the molecule is COc1cc(C2NCC(O)c3cc(O)ccc32)cc(OC)c1OC.Cl.O. The Labute approximate surface area is 158 Å². The van der Waals surface area contributed by atoms with E-state index in [-0.39, 0.29) is 29.7 Å². The highest BCUT2D eigenvalue weighted by Gasteiger charge is 2.28. The molecule has 0 radical (unpaired) electrons. The van der Waals surface area contributed by atoms with Crippen LogP contribution in [0.5, 0.6) is 23.0 Å². The normalized spacial score (nSPS) is 18.0. The number of hydrogen-bond donors (Lipinski definition) is 3. The summed E-state index contributed by atoms with van der Waals surface area (Å²) in [7, 11) is 4.71. The van der Waals surface area contributed by atoms with Gasteiger partial charge < -0.3 is 35.2 Å². The molecule has 7 nitrogen and oxygen atoms in total. The molecule has 2 unspecified atom stereocenters. The molecule has 0 aromatic heterocycles. The molecule has 2 aromatic rings. The van der Waals surface area contributed by atoms with Gasteiger partial charge in [0.1, 0.15) is 5.75 Å². The van der Waals surface area contributed by atoms with Crippen LogP contribution in [-0.2, 0) is 0 Å². The average molecular weight is 386 g/mol. The third-order valence-electron chi connectivity index (χ3n) is 4.28. The predicted molar refractivity (Wildman–Crippen MR) is 99.9 cm³/mol. The van der Waals surface area contributed by atoms with Gasteiger partial charge in [-0.2, -0.15) is 0 Å². The monoisotopic (exact) mass is 385 g/mol. The van der Waals surface area contributed by atoms with E-state index in [1.54, 1.807) is 33.5 Å². The van der Waals surface area contributed by atoms with Crippen LogP contribution in [0.2, 0.25) is 0 Å². The van der Waals surface area contributed by atoms with E-state index in [2.05, 4.69) is 5.32 Å². The minimum absolute atomic E-state index is 0. The van der Waals surface area contributed by atoms with Gasteiger partial charge in [0.2, 0.25) is 5.75 Å². The first-order valence-corrected chi connectivity index (χ1v) is 7.63. The number of rotatable bonds is 4. The van der Waals surface area contributed by atoms with Gasteiger partial charge >= 0.3 is 0 Å². The zero-order valence-corrected chi connectivity index (χ0v) is 15.6. The molecule has 0 saturated carbocycles. The molecular weight excluding hydrogens is 362 g/mol. The van der Waals surface area contributed by atoms with Crippen molar-refractivity contribution in [3.63, 3.8) is 0 Å². The summed E-state index contributed by atoms with van der Waals surface area (Å²) in [4.78, 5) is 0. The van der Waals surface area contributed by atoms with Gasteiger partial charge in [-0.05, 0) is 41.0 Å². The van der Waals surface area contributed by atoms with Crippen LogP contribution in [0, 0.1) is 0 Å². The van der Waals surface area contributed by atoms with Crippen LogP contribution >= 0.6 is 12.4 Å². The molecule has 2 aromatic carbocycles. The van der Waals surface area contributed by atoms with Crippen molar-refractivity contribution in [3.05, 3.63) is 47.0 Å². The first-order valence-electron chi connectivity index (χ1n) is 7.63. The van der Waals surface area contributed by atoms with Gasteiger partial charge in [0.25, 0.3) is 0 Å². The highest BCUT2D eigenvalue weighted by molar-refractivity contribution is 5.85. The van der Waals surface area contributed by atoms with Crippen molar-refractivity contribution in [2.45, 2.75) is 12.1 Å². The lowest BCUT2D eigenvalue weighted by atomic mass is 9.88. The molecule has 0 saturated heterocycles. The molecule has 0 fully saturated rings. The molecule has 8 heteroatoms. The summed E-state index contributed by atoms with van der Waals surface area (Å²) >= 11 is 0. The Bertz CT molecular complexity index is 729. The number of nitrogens with one attached hydrogen (secondary N) is 1. The Morgan fingerprint density at radius 2 is 1.58 bits per heavy atom. The van der Waals surface area contributed by atoms with Crippen LogP contribution < -0.4 is 19.5 Å². The maximum Gasteiger partial charge on any atom is 0.203 e. The number of methoxy groups -OCH3 is 3. The first kappa shape index (κ1) is 21.9. The molecule has 1 heterocycles.